The molecule has 0 fully saturated rings. The van der Waals surface area contributed by atoms with Crippen LogP contribution in [0.3, 0.4) is 0 Å². The topological polar surface area (TPSA) is 69.7 Å². The van der Waals surface area contributed by atoms with E-state index in [1.165, 1.54) is 12.1 Å². The molecule has 0 amide bonds. The van der Waals surface area contributed by atoms with Crippen LogP contribution in [0.15, 0.2) is 23.1 Å². The normalized spacial score (nSPS) is 11.3. The highest BCUT2D eigenvalue weighted by Gasteiger charge is 2.17. The number of hydrogen-bond donors (Lipinski definition) is 0. The zero-order valence-corrected chi connectivity index (χ0v) is 13.0. The molecule has 1 aromatic carbocycles. The standard InChI is InChI=1S/C13H17ClO5S/c1-3-10-5-6-11(20(14,16)17)9-12(10)13(15)19-8-7-18-4-2/h5-6,9H,3-4,7-8H2,1-2H3. The van der Waals surface area contributed by atoms with Gasteiger partial charge in [0.2, 0.25) is 0 Å². The highest BCUT2D eigenvalue weighted by molar-refractivity contribution is 8.13. The molecule has 1 rings (SSSR count). The van der Waals surface area contributed by atoms with E-state index in [9.17, 15) is 13.2 Å². The quantitative estimate of drug-likeness (QED) is 0.438. The van der Waals surface area contributed by atoms with Crippen LogP contribution < -0.4 is 0 Å². The number of benzene rings is 1. The molecular formula is C13H17ClO5S. The van der Waals surface area contributed by atoms with E-state index in [1.54, 1.807) is 6.07 Å². The molecule has 0 spiro atoms. The number of hydrogen-bond acceptors (Lipinski definition) is 5. The maximum Gasteiger partial charge on any atom is 0.338 e. The van der Waals surface area contributed by atoms with E-state index in [-0.39, 0.29) is 17.1 Å². The number of ether oxygens (including phenoxy) is 2. The molecule has 0 N–H and O–H groups in total. The Balaban J connectivity index is 2.93. The van der Waals surface area contributed by atoms with Crippen LogP contribution in [0, 0.1) is 0 Å². The lowest BCUT2D eigenvalue weighted by atomic mass is 10.1. The molecule has 5 nitrogen and oxygen atoms in total. The van der Waals surface area contributed by atoms with Crippen molar-refractivity contribution in [1.82, 2.24) is 0 Å². The van der Waals surface area contributed by atoms with Crippen LogP contribution in [0.25, 0.3) is 0 Å². The predicted octanol–water partition coefficient (Wildman–Crippen LogP) is 2.37. The molecule has 0 radical (unpaired) electrons. The molecule has 20 heavy (non-hydrogen) atoms. The van der Waals surface area contributed by atoms with E-state index in [0.717, 1.165) is 0 Å². The average molecular weight is 321 g/mol. The van der Waals surface area contributed by atoms with Gasteiger partial charge in [-0.25, -0.2) is 13.2 Å². The monoisotopic (exact) mass is 320 g/mol. The molecular weight excluding hydrogens is 304 g/mol. The highest BCUT2D eigenvalue weighted by atomic mass is 35.7. The maximum absolute atomic E-state index is 12.0. The number of rotatable bonds is 7. The number of carbonyl (C=O) groups is 1. The first-order chi connectivity index (χ1) is 9.40. The fourth-order valence-corrected chi connectivity index (χ4v) is 2.40. The third-order valence-corrected chi connectivity index (χ3v) is 3.98. The lowest BCUT2D eigenvalue weighted by Crippen LogP contribution is -2.13. The summed E-state index contributed by atoms with van der Waals surface area (Å²) in [4.78, 5) is 11.8. The van der Waals surface area contributed by atoms with Crippen LogP contribution in [-0.2, 0) is 24.9 Å². The first-order valence-corrected chi connectivity index (χ1v) is 8.53. The Morgan fingerprint density at radius 2 is 1.95 bits per heavy atom. The summed E-state index contributed by atoms with van der Waals surface area (Å²) in [6.07, 6.45) is 0.582. The molecule has 7 heteroatoms. The fraction of sp³-hybridized carbons (Fsp3) is 0.462. The van der Waals surface area contributed by atoms with Crippen molar-refractivity contribution in [2.75, 3.05) is 19.8 Å². The van der Waals surface area contributed by atoms with Gasteiger partial charge in [0.1, 0.15) is 6.61 Å². The largest absolute Gasteiger partial charge is 0.460 e. The van der Waals surface area contributed by atoms with Crippen molar-refractivity contribution in [2.45, 2.75) is 25.2 Å². The Kier molecular flexibility index (Phi) is 6.45. The van der Waals surface area contributed by atoms with Gasteiger partial charge in [0.25, 0.3) is 9.05 Å². The van der Waals surface area contributed by atoms with Gasteiger partial charge in [0.15, 0.2) is 0 Å². The molecule has 0 aliphatic rings. The molecule has 0 heterocycles. The Bertz CT molecular complexity index is 568. The number of halogens is 1. The summed E-state index contributed by atoms with van der Waals surface area (Å²) in [5, 5.41) is 0. The molecule has 0 aromatic heterocycles. The SMILES string of the molecule is CCOCCOC(=O)c1cc(S(=O)(=O)Cl)ccc1CC. The molecule has 1 aromatic rings. The first kappa shape index (κ1) is 16.9. The predicted molar refractivity (Wildman–Crippen MR) is 75.6 cm³/mol. The second-order valence-electron chi connectivity index (χ2n) is 3.94. The van der Waals surface area contributed by atoms with E-state index in [1.807, 2.05) is 13.8 Å². The van der Waals surface area contributed by atoms with Crippen molar-refractivity contribution in [1.29, 1.82) is 0 Å². The average Bonchev–Trinajstić information content (AvgIpc) is 2.41. The van der Waals surface area contributed by atoms with Crippen molar-refractivity contribution in [3.8, 4) is 0 Å². The van der Waals surface area contributed by atoms with E-state index in [4.69, 9.17) is 20.2 Å². The van der Waals surface area contributed by atoms with Gasteiger partial charge in [-0.2, -0.15) is 0 Å². The summed E-state index contributed by atoms with van der Waals surface area (Å²) >= 11 is 0. The van der Waals surface area contributed by atoms with Gasteiger partial charge < -0.3 is 9.47 Å². The molecule has 0 saturated heterocycles. The minimum absolute atomic E-state index is 0.117. The van der Waals surface area contributed by atoms with Gasteiger partial charge in [-0.15, -0.1) is 0 Å². The van der Waals surface area contributed by atoms with Gasteiger partial charge in [-0.1, -0.05) is 13.0 Å². The Morgan fingerprint density at radius 1 is 1.25 bits per heavy atom. The van der Waals surface area contributed by atoms with Gasteiger partial charge in [-0.3, -0.25) is 0 Å². The van der Waals surface area contributed by atoms with E-state index in [0.29, 0.717) is 25.2 Å². The lowest BCUT2D eigenvalue weighted by Gasteiger charge is -2.09. The zero-order valence-electron chi connectivity index (χ0n) is 11.4. The maximum atomic E-state index is 12.0. The molecule has 0 saturated carbocycles. The van der Waals surface area contributed by atoms with Crippen LogP contribution in [0.1, 0.15) is 29.8 Å². The lowest BCUT2D eigenvalue weighted by molar-refractivity contribution is 0.0334. The molecule has 0 aliphatic heterocycles. The van der Waals surface area contributed by atoms with Crippen LogP contribution >= 0.6 is 10.7 Å². The molecule has 0 aliphatic carbocycles. The third-order valence-electron chi connectivity index (χ3n) is 2.63. The van der Waals surface area contributed by atoms with Gasteiger partial charge >= 0.3 is 5.97 Å². The summed E-state index contributed by atoms with van der Waals surface area (Å²) < 4.78 is 32.7. The smallest absolute Gasteiger partial charge is 0.338 e. The molecule has 0 unspecified atom stereocenters. The fourth-order valence-electron chi connectivity index (χ4n) is 1.62. The van der Waals surface area contributed by atoms with E-state index in [2.05, 4.69) is 0 Å². The van der Waals surface area contributed by atoms with Crippen LogP contribution in [0.2, 0.25) is 0 Å². The second-order valence-corrected chi connectivity index (χ2v) is 6.51. The van der Waals surface area contributed by atoms with Gasteiger partial charge in [0.05, 0.1) is 17.1 Å². The van der Waals surface area contributed by atoms with E-state index >= 15 is 0 Å². The van der Waals surface area contributed by atoms with Crippen LogP contribution in [0.4, 0.5) is 0 Å². The molecule has 0 bridgehead atoms. The van der Waals surface area contributed by atoms with Gasteiger partial charge in [0, 0.05) is 17.3 Å². The van der Waals surface area contributed by atoms with E-state index < -0.39 is 15.0 Å². The Labute approximate surface area is 123 Å². The van der Waals surface area contributed by atoms with Gasteiger partial charge in [-0.05, 0) is 31.0 Å². The third kappa shape index (κ3) is 4.77. The summed E-state index contributed by atoms with van der Waals surface area (Å²) in [6, 6.07) is 4.18. The van der Waals surface area contributed by atoms with Crippen LogP contribution in [-0.4, -0.2) is 34.2 Å². The number of esters is 1. The second kappa shape index (κ2) is 7.61. The molecule has 112 valence electrons. The number of carbonyl (C=O) groups excluding carboxylic acids is 1. The first-order valence-electron chi connectivity index (χ1n) is 6.22. The molecule has 0 atom stereocenters. The summed E-state index contributed by atoms with van der Waals surface area (Å²) in [6.45, 7) is 4.66. The van der Waals surface area contributed by atoms with Crippen molar-refractivity contribution in [3.05, 3.63) is 29.3 Å². The van der Waals surface area contributed by atoms with Crippen molar-refractivity contribution < 1.29 is 22.7 Å². The minimum atomic E-state index is -3.87. The van der Waals surface area contributed by atoms with Crippen LogP contribution in [0.5, 0.6) is 0 Å². The zero-order chi connectivity index (χ0) is 15.2. The summed E-state index contributed by atoms with van der Waals surface area (Å²) in [5.74, 6) is -0.580. The Morgan fingerprint density at radius 3 is 2.50 bits per heavy atom. The highest BCUT2D eigenvalue weighted by Crippen LogP contribution is 2.20. The van der Waals surface area contributed by atoms with Crippen molar-refractivity contribution in [2.24, 2.45) is 0 Å². The Hall–Kier alpha value is -1.11. The summed E-state index contributed by atoms with van der Waals surface area (Å²) in [5.41, 5.74) is 0.918. The number of aryl methyl sites for hydroxylation is 1. The van der Waals surface area contributed by atoms with Crippen molar-refractivity contribution in [3.63, 3.8) is 0 Å². The van der Waals surface area contributed by atoms with Crippen molar-refractivity contribution >= 4 is 25.7 Å². The summed E-state index contributed by atoms with van der Waals surface area (Å²) in [7, 11) is 1.40. The minimum Gasteiger partial charge on any atom is -0.460 e.